The predicted molar refractivity (Wildman–Crippen MR) is 93.9 cm³/mol. The smallest absolute Gasteiger partial charge is 0.235 e. The summed E-state index contributed by atoms with van der Waals surface area (Å²) in [6, 6.07) is 0. The Labute approximate surface area is 153 Å². The van der Waals surface area contributed by atoms with E-state index >= 15 is 0 Å². The van der Waals surface area contributed by atoms with Crippen molar-refractivity contribution >= 4 is 15.9 Å². The second kappa shape index (κ2) is 5.97. The van der Waals surface area contributed by atoms with E-state index in [0.717, 1.165) is 37.9 Å². The number of ether oxygens (including phenoxy) is 2. The van der Waals surface area contributed by atoms with Crippen LogP contribution in [-0.2, 0) is 19.2 Å². The van der Waals surface area contributed by atoms with Crippen LogP contribution in [0.15, 0.2) is 10.2 Å². The minimum absolute atomic E-state index is 0.312. The maximum atomic E-state index is 6.48. The first kappa shape index (κ1) is 17.3. The Bertz CT molecular complexity index is 549. The molecule has 0 N–H and O–H groups in total. The molecule has 0 radical (unpaired) electrons. The zero-order valence-electron chi connectivity index (χ0n) is 15.1. The van der Waals surface area contributed by atoms with Gasteiger partial charge in [-0.05, 0) is 38.5 Å². The summed E-state index contributed by atoms with van der Waals surface area (Å²) in [5.74, 6) is 2.09. The zero-order valence-corrected chi connectivity index (χ0v) is 16.7. The molecule has 2 bridgehead atoms. The monoisotopic (exact) mass is 400 g/mol. The van der Waals surface area contributed by atoms with Gasteiger partial charge >= 0.3 is 0 Å². The maximum Gasteiger partial charge on any atom is 0.235 e. The van der Waals surface area contributed by atoms with Gasteiger partial charge in [-0.2, -0.15) is 0 Å². The van der Waals surface area contributed by atoms with Crippen molar-refractivity contribution in [1.29, 1.82) is 0 Å². The molecule has 0 aromatic carbocycles. The molecule has 136 valence electrons. The van der Waals surface area contributed by atoms with E-state index in [1.54, 1.807) is 0 Å². The third kappa shape index (κ3) is 2.34. The Balaban J connectivity index is 1.79. The van der Waals surface area contributed by atoms with E-state index in [0.29, 0.717) is 23.7 Å². The van der Waals surface area contributed by atoms with Crippen LogP contribution in [0.1, 0.15) is 66.2 Å². The molecule has 4 saturated heterocycles. The highest BCUT2D eigenvalue weighted by molar-refractivity contribution is 9.11. The lowest BCUT2D eigenvalue weighted by Gasteiger charge is -2.59. The molecule has 0 unspecified atom stereocenters. The minimum Gasteiger partial charge on any atom is -0.465 e. The van der Waals surface area contributed by atoms with E-state index in [1.165, 1.54) is 10.9 Å². The molecule has 4 aliphatic heterocycles. The summed E-state index contributed by atoms with van der Waals surface area (Å²) in [4.78, 5) is 12.0. The maximum absolute atomic E-state index is 6.48. The molecule has 7 atom stereocenters. The predicted octanol–water partition coefficient (Wildman–Crippen LogP) is 5.27. The number of fused-ring (bicyclic) bond motifs is 2. The summed E-state index contributed by atoms with van der Waals surface area (Å²) < 4.78 is 14.0. The summed E-state index contributed by atoms with van der Waals surface area (Å²) in [5.41, 5.74) is -0.462. The van der Waals surface area contributed by atoms with Crippen LogP contribution >= 0.6 is 15.9 Å². The van der Waals surface area contributed by atoms with Crippen molar-refractivity contribution in [2.24, 2.45) is 23.7 Å². The second-order valence-electron chi connectivity index (χ2n) is 8.34. The van der Waals surface area contributed by atoms with Gasteiger partial charge in [0.25, 0.3) is 0 Å². The first-order chi connectivity index (χ1) is 11.4. The van der Waals surface area contributed by atoms with Gasteiger partial charge in [-0.15, -0.1) is 0 Å². The van der Waals surface area contributed by atoms with Gasteiger partial charge in [0, 0.05) is 28.7 Å². The summed E-state index contributed by atoms with van der Waals surface area (Å²) in [5, 5.41) is 0. The normalized spacial score (nSPS) is 52.3. The molecule has 5 aliphatic rings. The minimum atomic E-state index is -0.694. The lowest BCUT2D eigenvalue weighted by atomic mass is 9.58. The average Bonchev–Trinajstić information content (AvgIpc) is 2.77. The van der Waals surface area contributed by atoms with Gasteiger partial charge < -0.3 is 9.47 Å². The van der Waals surface area contributed by atoms with Crippen LogP contribution in [0.4, 0.5) is 0 Å². The van der Waals surface area contributed by atoms with Gasteiger partial charge in [0.2, 0.25) is 12.1 Å². The second-order valence-corrected chi connectivity index (χ2v) is 9.29. The highest BCUT2D eigenvalue weighted by Gasteiger charge is 2.69. The number of rotatable bonds is 2. The fourth-order valence-corrected chi connectivity index (χ4v) is 6.30. The quantitative estimate of drug-likeness (QED) is 0.591. The topological polar surface area (TPSA) is 36.9 Å². The van der Waals surface area contributed by atoms with Crippen LogP contribution in [0.3, 0.4) is 0 Å². The molecule has 4 nitrogen and oxygen atoms in total. The lowest BCUT2D eigenvalue weighted by Crippen LogP contribution is -2.68. The Morgan fingerprint density at radius 3 is 2.71 bits per heavy atom. The molecule has 1 spiro atoms. The Morgan fingerprint density at radius 1 is 1.17 bits per heavy atom. The first-order valence-electron chi connectivity index (χ1n) is 9.51. The molecule has 0 aromatic heterocycles. The molecule has 5 fully saturated rings. The molecule has 4 heterocycles. The summed E-state index contributed by atoms with van der Waals surface area (Å²) >= 11 is 3.77. The van der Waals surface area contributed by atoms with Crippen molar-refractivity contribution in [2.45, 2.75) is 83.9 Å². The van der Waals surface area contributed by atoms with Crippen molar-refractivity contribution in [1.82, 2.24) is 0 Å². The largest absolute Gasteiger partial charge is 0.465 e. The van der Waals surface area contributed by atoms with Crippen LogP contribution in [0.2, 0.25) is 0 Å². The van der Waals surface area contributed by atoms with E-state index in [1.807, 2.05) is 6.92 Å². The fourth-order valence-electron chi connectivity index (χ4n) is 5.44. The molecule has 5 rings (SSSR count). The lowest BCUT2D eigenvalue weighted by molar-refractivity contribution is -0.562. The Kier molecular flexibility index (Phi) is 4.31. The first-order valence-corrected chi connectivity index (χ1v) is 10.3. The number of allylic oxidation sites excluding steroid dienone is 2. The van der Waals surface area contributed by atoms with Gasteiger partial charge in [-0.1, -0.05) is 43.1 Å². The molecule has 5 heteroatoms. The van der Waals surface area contributed by atoms with Crippen molar-refractivity contribution in [3.8, 4) is 0 Å². The SMILES string of the molecule is CCC/C(Br)=C1\O[C@@H]2O[C@@]3(C)CC[C@H]4[C@H](C)CC[C@@H]([C@H]1C)[C@@]24OO3. The van der Waals surface area contributed by atoms with Crippen LogP contribution in [0.25, 0.3) is 0 Å². The van der Waals surface area contributed by atoms with Crippen LogP contribution < -0.4 is 0 Å². The molecule has 24 heavy (non-hydrogen) atoms. The van der Waals surface area contributed by atoms with E-state index in [9.17, 15) is 0 Å². The summed E-state index contributed by atoms with van der Waals surface area (Å²) in [6.07, 6.45) is 6.05. The highest BCUT2D eigenvalue weighted by atomic mass is 79.9. The van der Waals surface area contributed by atoms with Crippen LogP contribution in [-0.4, -0.2) is 17.7 Å². The zero-order chi connectivity index (χ0) is 17.1. The van der Waals surface area contributed by atoms with Gasteiger partial charge in [0.05, 0.1) is 0 Å². The average molecular weight is 401 g/mol. The van der Waals surface area contributed by atoms with Gasteiger partial charge in [0.1, 0.15) is 5.76 Å². The summed E-state index contributed by atoms with van der Waals surface area (Å²) in [7, 11) is 0. The van der Waals surface area contributed by atoms with E-state index in [4.69, 9.17) is 19.2 Å². The third-order valence-electron chi connectivity index (χ3n) is 6.76. The van der Waals surface area contributed by atoms with Crippen LogP contribution in [0, 0.1) is 23.7 Å². The van der Waals surface area contributed by atoms with E-state index in [2.05, 4.69) is 36.7 Å². The van der Waals surface area contributed by atoms with Gasteiger partial charge in [-0.25, -0.2) is 9.78 Å². The molecule has 1 saturated carbocycles. The number of halogens is 1. The molecular weight excluding hydrogens is 372 g/mol. The standard InChI is InChI=1S/C19H29BrO4/c1-5-6-15(20)16-12(3)14-8-7-11(2)13-9-10-18(4)22-17(21-16)19(13,14)24-23-18/h11-14,17H,5-10H2,1-4H3/b16-15+/t11-,12-,13+,14+,17-,18-,19-/m1/s1. The molecule has 1 aliphatic carbocycles. The van der Waals surface area contributed by atoms with E-state index in [-0.39, 0.29) is 6.29 Å². The molecule has 0 amide bonds. The summed E-state index contributed by atoms with van der Waals surface area (Å²) in [6.45, 7) is 8.79. The number of hydrogen-bond donors (Lipinski definition) is 0. The van der Waals surface area contributed by atoms with Crippen molar-refractivity contribution in [3.05, 3.63) is 10.2 Å². The van der Waals surface area contributed by atoms with Gasteiger partial charge in [0.15, 0.2) is 5.60 Å². The van der Waals surface area contributed by atoms with Crippen molar-refractivity contribution in [2.75, 3.05) is 0 Å². The van der Waals surface area contributed by atoms with Crippen molar-refractivity contribution < 1.29 is 19.2 Å². The highest BCUT2D eigenvalue weighted by Crippen LogP contribution is 2.61. The molecular formula is C19H29BrO4. The van der Waals surface area contributed by atoms with Gasteiger partial charge in [-0.3, -0.25) is 0 Å². The van der Waals surface area contributed by atoms with Crippen molar-refractivity contribution in [3.63, 3.8) is 0 Å². The number of hydrogen-bond acceptors (Lipinski definition) is 4. The Morgan fingerprint density at radius 2 is 1.96 bits per heavy atom. The van der Waals surface area contributed by atoms with E-state index < -0.39 is 11.4 Å². The van der Waals surface area contributed by atoms with Crippen LogP contribution in [0.5, 0.6) is 0 Å². The third-order valence-corrected chi connectivity index (χ3v) is 7.55. The fraction of sp³-hybridized carbons (Fsp3) is 0.895. The Hall–Kier alpha value is -0.100. The molecule has 0 aromatic rings.